The highest BCUT2D eigenvalue weighted by molar-refractivity contribution is 6.01. The Bertz CT molecular complexity index is 441. The third-order valence-electron chi connectivity index (χ3n) is 2.90. The molecule has 92 valence electrons. The number of rotatable bonds is 4. The summed E-state index contributed by atoms with van der Waals surface area (Å²) in [4.78, 5) is 0. The van der Waals surface area contributed by atoms with E-state index in [1.165, 1.54) is 6.07 Å². The van der Waals surface area contributed by atoms with E-state index in [-0.39, 0.29) is 11.5 Å². The van der Waals surface area contributed by atoms with Gasteiger partial charge in [0.2, 0.25) is 0 Å². The van der Waals surface area contributed by atoms with Crippen LogP contribution < -0.4 is 5.32 Å². The summed E-state index contributed by atoms with van der Waals surface area (Å²) in [5, 5.41) is 10.8. The first-order chi connectivity index (χ1) is 8.08. The summed E-state index contributed by atoms with van der Waals surface area (Å²) >= 11 is 0. The molecule has 1 aromatic carbocycles. The standard InChI is InChI=1S/C13H17FN2O/c1-8-3-11(14)13(9(2)15)12(4-8)16-5-10-6-17-7-10/h3-4,10,15-16H,5-7H2,1-2H3. The molecule has 2 rings (SSSR count). The molecule has 1 fully saturated rings. The van der Waals surface area contributed by atoms with E-state index in [9.17, 15) is 4.39 Å². The molecule has 1 aromatic rings. The lowest BCUT2D eigenvalue weighted by Crippen LogP contribution is -2.33. The van der Waals surface area contributed by atoms with Gasteiger partial charge in [-0.15, -0.1) is 0 Å². The average molecular weight is 236 g/mol. The molecule has 1 heterocycles. The Labute approximate surface area is 100 Å². The Morgan fingerprint density at radius 2 is 2.24 bits per heavy atom. The van der Waals surface area contributed by atoms with Crippen LogP contribution >= 0.6 is 0 Å². The molecule has 0 unspecified atom stereocenters. The maximum Gasteiger partial charge on any atom is 0.134 e. The van der Waals surface area contributed by atoms with Crippen molar-refractivity contribution in [2.45, 2.75) is 13.8 Å². The third kappa shape index (κ3) is 2.64. The summed E-state index contributed by atoms with van der Waals surface area (Å²) in [6.45, 7) is 5.75. The topological polar surface area (TPSA) is 45.1 Å². The maximum atomic E-state index is 13.8. The number of hydrogen-bond donors (Lipinski definition) is 2. The Morgan fingerprint density at radius 1 is 1.53 bits per heavy atom. The predicted molar refractivity (Wildman–Crippen MR) is 66.4 cm³/mol. The molecule has 0 aliphatic carbocycles. The first-order valence-electron chi connectivity index (χ1n) is 5.75. The van der Waals surface area contributed by atoms with Crippen molar-refractivity contribution in [2.75, 3.05) is 25.1 Å². The van der Waals surface area contributed by atoms with E-state index in [0.29, 0.717) is 17.2 Å². The number of aryl methyl sites for hydroxylation is 1. The van der Waals surface area contributed by atoms with Crippen molar-refractivity contribution in [1.82, 2.24) is 0 Å². The Balaban J connectivity index is 2.20. The van der Waals surface area contributed by atoms with Gasteiger partial charge < -0.3 is 15.5 Å². The number of nitrogens with one attached hydrogen (secondary N) is 2. The second kappa shape index (κ2) is 4.84. The van der Waals surface area contributed by atoms with Gasteiger partial charge in [0.25, 0.3) is 0 Å². The van der Waals surface area contributed by atoms with E-state index < -0.39 is 0 Å². The van der Waals surface area contributed by atoms with Gasteiger partial charge >= 0.3 is 0 Å². The van der Waals surface area contributed by atoms with E-state index >= 15 is 0 Å². The largest absolute Gasteiger partial charge is 0.384 e. The van der Waals surface area contributed by atoms with E-state index in [1.54, 1.807) is 6.92 Å². The molecule has 4 heteroatoms. The highest BCUT2D eigenvalue weighted by Crippen LogP contribution is 2.23. The van der Waals surface area contributed by atoms with Gasteiger partial charge in [-0.2, -0.15) is 0 Å². The SMILES string of the molecule is CC(=N)c1c(F)cc(C)cc1NCC1COC1. The zero-order chi connectivity index (χ0) is 12.4. The molecule has 2 N–H and O–H groups in total. The van der Waals surface area contributed by atoms with Crippen LogP contribution in [-0.4, -0.2) is 25.5 Å². The average Bonchev–Trinajstić information content (AvgIpc) is 2.12. The third-order valence-corrected chi connectivity index (χ3v) is 2.90. The summed E-state index contributed by atoms with van der Waals surface area (Å²) in [5.74, 6) is 0.169. The van der Waals surface area contributed by atoms with Gasteiger partial charge in [0.1, 0.15) is 5.82 Å². The Morgan fingerprint density at radius 3 is 2.76 bits per heavy atom. The molecule has 0 saturated carbocycles. The first kappa shape index (κ1) is 12.0. The van der Waals surface area contributed by atoms with Crippen LogP contribution in [0.5, 0.6) is 0 Å². The molecule has 0 spiro atoms. The van der Waals surface area contributed by atoms with Crippen molar-refractivity contribution < 1.29 is 9.13 Å². The summed E-state index contributed by atoms with van der Waals surface area (Å²) in [5.41, 5.74) is 2.19. The van der Waals surface area contributed by atoms with E-state index in [2.05, 4.69) is 5.32 Å². The molecule has 0 atom stereocenters. The number of halogens is 1. The zero-order valence-corrected chi connectivity index (χ0v) is 10.1. The van der Waals surface area contributed by atoms with Crippen molar-refractivity contribution in [1.29, 1.82) is 5.41 Å². The minimum atomic E-state index is -0.329. The second-order valence-corrected chi connectivity index (χ2v) is 4.58. The van der Waals surface area contributed by atoms with Crippen molar-refractivity contribution in [3.05, 3.63) is 29.1 Å². The van der Waals surface area contributed by atoms with Gasteiger partial charge in [0.05, 0.1) is 18.8 Å². The minimum Gasteiger partial charge on any atom is -0.384 e. The molecule has 17 heavy (non-hydrogen) atoms. The van der Waals surface area contributed by atoms with E-state index in [4.69, 9.17) is 10.1 Å². The van der Waals surface area contributed by atoms with Gasteiger partial charge in [-0.05, 0) is 31.5 Å². The highest BCUT2D eigenvalue weighted by Gasteiger charge is 2.19. The summed E-state index contributed by atoms with van der Waals surface area (Å²) in [7, 11) is 0. The lowest BCUT2D eigenvalue weighted by molar-refractivity contribution is -0.0248. The fraction of sp³-hybridized carbons (Fsp3) is 0.462. The lowest BCUT2D eigenvalue weighted by Gasteiger charge is -2.27. The van der Waals surface area contributed by atoms with Gasteiger partial charge in [-0.1, -0.05) is 0 Å². The number of benzene rings is 1. The molecule has 0 bridgehead atoms. The summed E-state index contributed by atoms with van der Waals surface area (Å²) in [6, 6.07) is 3.35. The fourth-order valence-electron chi connectivity index (χ4n) is 1.92. The second-order valence-electron chi connectivity index (χ2n) is 4.58. The minimum absolute atomic E-state index is 0.245. The molecule has 1 saturated heterocycles. The zero-order valence-electron chi connectivity index (χ0n) is 10.1. The smallest absolute Gasteiger partial charge is 0.134 e. The van der Waals surface area contributed by atoms with Gasteiger partial charge in [0, 0.05) is 23.9 Å². The van der Waals surface area contributed by atoms with Crippen LogP contribution in [0, 0.1) is 24.1 Å². The van der Waals surface area contributed by atoms with Crippen LogP contribution in [0.1, 0.15) is 18.1 Å². The molecular formula is C13H17FN2O. The van der Waals surface area contributed by atoms with Crippen LogP contribution in [0.25, 0.3) is 0 Å². The molecule has 0 amide bonds. The molecular weight excluding hydrogens is 219 g/mol. The van der Waals surface area contributed by atoms with E-state index in [1.807, 2.05) is 13.0 Å². The monoisotopic (exact) mass is 236 g/mol. The van der Waals surface area contributed by atoms with Crippen LogP contribution in [0.2, 0.25) is 0 Å². The Kier molecular flexibility index (Phi) is 3.43. The van der Waals surface area contributed by atoms with Gasteiger partial charge in [0.15, 0.2) is 0 Å². The van der Waals surface area contributed by atoms with Gasteiger partial charge in [-0.3, -0.25) is 0 Å². The van der Waals surface area contributed by atoms with Crippen molar-refractivity contribution in [3.8, 4) is 0 Å². The van der Waals surface area contributed by atoms with Crippen LogP contribution in [-0.2, 0) is 4.74 Å². The lowest BCUT2D eigenvalue weighted by atomic mass is 10.0. The number of hydrogen-bond acceptors (Lipinski definition) is 3. The normalized spacial score (nSPS) is 15.5. The Hall–Kier alpha value is -1.42. The van der Waals surface area contributed by atoms with Crippen LogP contribution in [0.15, 0.2) is 12.1 Å². The molecule has 1 aliphatic heterocycles. The van der Waals surface area contributed by atoms with Crippen molar-refractivity contribution in [2.24, 2.45) is 5.92 Å². The van der Waals surface area contributed by atoms with Crippen molar-refractivity contribution in [3.63, 3.8) is 0 Å². The molecule has 0 radical (unpaired) electrons. The summed E-state index contributed by atoms with van der Waals surface area (Å²) in [6.07, 6.45) is 0. The molecule has 1 aliphatic rings. The van der Waals surface area contributed by atoms with E-state index in [0.717, 1.165) is 25.3 Å². The first-order valence-corrected chi connectivity index (χ1v) is 5.75. The predicted octanol–water partition coefficient (Wildman–Crippen LogP) is 2.58. The molecule has 0 aromatic heterocycles. The molecule has 3 nitrogen and oxygen atoms in total. The van der Waals surface area contributed by atoms with Gasteiger partial charge in [-0.25, -0.2) is 4.39 Å². The summed E-state index contributed by atoms with van der Waals surface area (Å²) < 4.78 is 18.9. The maximum absolute atomic E-state index is 13.8. The van der Waals surface area contributed by atoms with Crippen molar-refractivity contribution >= 4 is 11.4 Å². The quantitative estimate of drug-likeness (QED) is 0.789. The fourth-order valence-corrected chi connectivity index (χ4v) is 1.92. The van der Waals surface area contributed by atoms with Crippen LogP contribution in [0.4, 0.5) is 10.1 Å². The number of ether oxygens (including phenoxy) is 1. The number of anilines is 1. The highest BCUT2D eigenvalue weighted by atomic mass is 19.1. The van der Waals surface area contributed by atoms with Crippen LogP contribution in [0.3, 0.4) is 0 Å².